The summed E-state index contributed by atoms with van der Waals surface area (Å²) in [6.45, 7) is 3.37. The fraction of sp³-hybridized carbons (Fsp3) is 0.143. The normalized spacial score (nSPS) is 11.8. The standard InChI is InChI=1S/C21H17N5O6/c1-12-11-22-21(28)25(12)16-7-5-15(6-8-16)20(27)31-13(2)18-23-24-19(32-18)14-3-9-17(10-4-14)26(29)30/h3-11,13H,1-2H3,(H,22,28). The minimum absolute atomic E-state index is 0.0571. The molecule has 0 amide bonds. The molecule has 0 aliphatic carbocycles. The SMILES string of the molecule is Cc1c[nH]c(=O)n1-c1ccc(C(=O)OC(C)c2nnc(-c3ccc([N+](=O)[O-])cc3)o2)cc1. The lowest BCUT2D eigenvalue weighted by Gasteiger charge is -2.10. The first-order valence-corrected chi connectivity index (χ1v) is 9.50. The van der Waals surface area contributed by atoms with Gasteiger partial charge in [-0.3, -0.25) is 14.7 Å². The number of nitro groups is 1. The number of non-ortho nitro benzene ring substituents is 1. The Bertz CT molecular complexity index is 1330. The van der Waals surface area contributed by atoms with Gasteiger partial charge in [-0.1, -0.05) is 0 Å². The van der Waals surface area contributed by atoms with Crippen molar-refractivity contribution in [3.8, 4) is 17.1 Å². The van der Waals surface area contributed by atoms with Crippen LogP contribution in [0, 0.1) is 17.0 Å². The van der Waals surface area contributed by atoms with E-state index in [-0.39, 0.29) is 28.7 Å². The number of H-pyrrole nitrogens is 1. The molecule has 2 aromatic heterocycles. The van der Waals surface area contributed by atoms with Crippen molar-refractivity contribution < 1.29 is 18.9 Å². The smallest absolute Gasteiger partial charge is 0.338 e. The van der Waals surface area contributed by atoms with E-state index in [2.05, 4.69) is 15.2 Å². The zero-order valence-corrected chi connectivity index (χ0v) is 17.0. The van der Waals surface area contributed by atoms with E-state index in [1.165, 1.54) is 28.8 Å². The number of imidazole rings is 1. The average molecular weight is 435 g/mol. The lowest BCUT2D eigenvalue weighted by atomic mass is 10.2. The number of aromatic amines is 1. The van der Waals surface area contributed by atoms with Crippen molar-refractivity contribution in [2.75, 3.05) is 0 Å². The Morgan fingerprint density at radius 2 is 1.84 bits per heavy atom. The zero-order valence-electron chi connectivity index (χ0n) is 17.0. The van der Waals surface area contributed by atoms with Crippen LogP contribution in [-0.2, 0) is 4.74 Å². The van der Waals surface area contributed by atoms with E-state index in [1.807, 2.05) is 0 Å². The van der Waals surface area contributed by atoms with Crippen LogP contribution in [-0.4, -0.2) is 30.6 Å². The molecule has 0 saturated carbocycles. The number of esters is 1. The quantitative estimate of drug-likeness (QED) is 0.276. The second-order valence-electron chi connectivity index (χ2n) is 6.91. The molecule has 0 aliphatic heterocycles. The first kappa shape index (κ1) is 20.7. The van der Waals surface area contributed by atoms with Gasteiger partial charge in [-0.2, -0.15) is 0 Å². The number of aryl methyl sites for hydroxylation is 1. The summed E-state index contributed by atoms with van der Waals surface area (Å²) in [7, 11) is 0. The molecule has 1 unspecified atom stereocenters. The number of rotatable bonds is 6. The summed E-state index contributed by atoms with van der Waals surface area (Å²) in [5, 5.41) is 18.6. The number of nitro benzene ring substituents is 1. The third-order valence-electron chi connectivity index (χ3n) is 4.72. The molecule has 0 bridgehead atoms. The van der Waals surface area contributed by atoms with Crippen LogP contribution in [0.4, 0.5) is 5.69 Å². The fourth-order valence-corrected chi connectivity index (χ4v) is 3.04. The van der Waals surface area contributed by atoms with Gasteiger partial charge in [0, 0.05) is 29.6 Å². The van der Waals surface area contributed by atoms with E-state index in [0.29, 0.717) is 11.3 Å². The Labute approximate surface area is 180 Å². The van der Waals surface area contributed by atoms with Gasteiger partial charge in [0.2, 0.25) is 5.89 Å². The van der Waals surface area contributed by atoms with E-state index >= 15 is 0 Å². The molecule has 1 atom stereocenters. The third-order valence-corrected chi connectivity index (χ3v) is 4.72. The van der Waals surface area contributed by atoms with Crippen LogP contribution in [0.2, 0.25) is 0 Å². The molecule has 11 nitrogen and oxygen atoms in total. The van der Waals surface area contributed by atoms with Gasteiger partial charge in [0.25, 0.3) is 11.6 Å². The number of carbonyl (C=O) groups excluding carboxylic acids is 1. The molecule has 2 heterocycles. The number of aromatic nitrogens is 4. The summed E-state index contributed by atoms with van der Waals surface area (Å²) in [4.78, 5) is 37.2. The first-order valence-electron chi connectivity index (χ1n) is 9.50. The summed E-state index contributed by atoms with van der Waals surface area (Å²) in [5.74, 6) is -0.371. The Morgan fingerprint density at radius 3 is 2.44 bits per heavy atom. The summed E-state index contributed by atoms with van der Waals surface area (Å²) < 4.78 is 12.4. The largest absolute Gasteiger partial charge is 0.449 e. The second-order valence-corrected chi connectivity index (χ2v) is 6.91. The van der Waals surface area contributed by atoms with Gasteiger partial charge < -0.3 is 14.1 Å². The van der Waals surface area contributed by atoms with Crippen LogP contribution in [0.1, 0.15) is 35.0 Å². The fourth-order valence-electron chi connectivity index (χ4n) is 3.04. The van der Waals surface area contributed by atoms with Crippen LogP contribution < -0.4 is 5.69 Å². The maximum Gasteiger partial charge on any atom is 0.338 e. The number of carbonyl (C=O) groups is 1. The molecule has 2 aromatic carbocycles. The van der Waals surface area contributed by atoms with Gasteiger partial charge in [-0.25, -0.2) is 9.59 Å². The molecule has 0 radical (unpaired) electrons. The molecular weight excluding hydrogens is 418 g/mol. The van der Waals surface area contributed by atoms with Crippen LogP contribution in [0.5, 0.6) is 0 Å². The Hall–Kier alpha value is -4.54. The molecule has 0 fully saturated rings. The van der Waals surface area contributed by atoms with Gasteiger partial charge in [0.1, 0.15) is 0 Å². The minimum Gasteiger partial charge on any atom is -0.449 e. The number of hydrogen-bond donors (Lipinski definition) is 1. The van der Waals surface area contributed by atoms with Crippen molar-refractivity contribution in [2.24, 2.45) is 0 Å². The number of ether oxygens (including phenoxy) is 1. The first-order chi connectivity index (χ1) is 15.3. The zero-order chi connectivity index (χ0) is 22.8. The van der Waals surface area contributed by atoms with E-state index in [9.17, 15) is 19.7 Å². The van der Waals surface area contributed by atoms with E-state index in [0.717, 1.165) is 5.69 Å². The van der Waals surface area contributed by atoms with E-state index in [4.69, 9.17) is 9.15 Å². The number of benzene rings is 2. The van der Waals surface area contributed by atoms with Crippen molar-refractivity contribution in [3.63, 3.8) is 0 Å². The van der Waals surface area contributed by atoms with Crippen molar-refractivity contribution in [2.45, 2.75) is 20.0 Å². The van der Waals surface area contributed by atoms with Crippen LogP contribution >= 0.6 is 0 Å². The summed E-state index contributed by atoms with van der Waals surface area (Å²) in [5.41, 5.74) is 1.81. The molecule has 11 heteroatoms. The average Bonchev–Trinajstić information content (AvgIpc) is 3.41. The Kier molecular flexibility index (Phi) is 5.37. The minimum atomic E-state index is -0.823. The highest BCUT2D eigenvalue weighted by Crippen LogP contribution is 2.25. The maximum absolute atomic E-state index is 12.5. The third kappa shape index (κ3) is 4.03. The second kappa shape index (κ2) is 8.30. The molecule has 0 aliphatic rings. The van der Waals surface area contributed by atoms with E-state index in [1.54, 1.807) is 44.3 Å². The molecule has 4 aromatic rings. The molecule has 32 heavy (non-hydrogen) atoms. The predicted octanol–water partition coefficient (Wildman–Crippen LogP) is 3.35. The number of hydrogen-bond acceptors (Lipinski definition) is 8. The van der Waals surface area contributed by atoms with Crippen molar-refractivity contribution in [1.82, 2.24) is 19.7 Å². The van der Waals surface area contributed by atoms with E-state index < -0.39 is 17.0 Å². The topological polar surface area (TPSA) is 146 Å². The van der Waals surface area contributed by atoms with Gasteiger partial charge in [-0.15, -0.1) is 10.2 Å². The maximum atomic E-state index is 12.5. The van der Waals surface area contributed by atoms with Gasteiger partial charge in [-0.05, 0) is 50.2 Å². The molecule has 0 saturated heterocycles. The molecule has 4 rings (SSSR count). The summed E-state index contributed by atoms with van der Waals surface area (Å²) in [6, 6.07) is 12.0. The summed E-state index contributed by atoms with van der Waals surface area (Å²) >= 11 is 0. The van der Waals surface area contributed by atoms with Gasteiger partial charge >= 0.3 is 11.7 Å². The molecule has 0 spiro atoms. The van der Waals surface area contributed by atoms with Crippen LogP contribution in [0.3, 0.4) is 0 Å². The number of nitrogens with zero attached hydrogens (tertiary/aromatic N) is 4. The van der Waals surface area contributed by atoms with Crippen LogP contribution in [0.15, 0.2) is 63.9 Å². The highest BCUT2D eigenvalue weighted by molar-refractivity contribution is 5.89. The van der Waals surface area contributed by atoms with Crippen molar-refractivity contribution in [1.29, 1.82) is 0 Å². The Morgan fingerprint density at radius 1 is 1.16 bits per heavy atom. The lowest BCUT2D eigenvalue weighted by Crippen LogP contribution is -2.16. The number of nitrogens with one attached hydrogen (secondary N) is 1. The molecule has 162 valence electrons. The highest BCUT2D eigenvalue weighted by Gasteiger charge is 2.20. The predicted molar refractivity (Wildman–Crippen MR) is 111 cm³/mol. The Balaban J connectivity index is 1.45. The molecule has 1 N–H and O–H groups in total. The van der Waals surface area contributed by atoms with Gasteiger partial charge in [0.15, 0.2) is 6.10 Å². The molecular formula is C21H17N5O6. The monoisotopic (exact) mass is 435 g/mol. The van der Waals surface area contributed by atoms with Crippen LogP contribution in [0.25, 0.3) is 17.1 Å². The van der Waals surface area contributed by atoms with Crippen molar-refractivity contribution in [3.05, 3.63) is 92.5 Å². The lowest BCUT2D eigenvalue weighted by molar-refractivity contribution is -0.384. The van der Waals surface area contributed by atoms with Crippen molar-refractivity contribution >= 4 is 11.7 Å². The summed E-state index contributed by atoms with van der Waals surface area (Å²) in [6.07, 6.45) is 0.776. The van der Waals surface area contributed by atoms with Gasteiger partial charge in [0.05, 0.1) is 16.2 Å². The highest BCUT2D eigenvalue weighted by atomic mass is 16.6.